The lowest BCUT2D eigenvalue weighted by molar-refractivity contribution is -0.138. The van der Waals surface area contributed by atoms with Crippen molar-refractivity contribution in [1.29, 1.82) is 0 Å². The van der Waals surface area contributed by atoms with Crippen LogP contribution in [0.1, 0.15) is 32.1 Å². The molecule has 1 atom stereocenters. The predicted molar refractivity (Wildman–Crippen MR) is 74.7 cm³/mol. The van der Waals surface area contributed by atoms with Crippen LogP contribution in [0.15, 0.2) is 36.9 Å². The first kappa shape index (κ1) is 15.2. The van der Waals surface area contributed by atoms with Crippen molar-refractivity contribution in [3.8, 4) is 0 Å². The summed E-state index contributed by atoms with van der Waals surface area (Å²) in [5.74, 6) is -1.28. The molecule has 0 bridgehead atoms. The van der Waals surface area contributed by atoms with E-state index in [1.165, 1.54) is 12.1 Å². The van der Waals surface area contributed by atoms with E-state index < -0.39 is 12.0 Å². The molecule has 0 spiro atoms. The van der Waals surface area contributed by atoms with Gasteiger partial charge < -0.3 is 10.4 Å². The van der Waals surface area contributed by atoms with E-state index in [0.717, 1.165) is 25.7 Å². The van der Waals surface area contributed by atoms with Crippen LogP contribution in [0.2, 0.25) is 0 Å². The number of hydrogen-bond acceptors (Lipinski definition) is 2. The van der Waals surface area contributed by atoms with Crippen molar-refractivity contribution in [3.63, 3.8) is 0 Å². The molecule has 1 aromatic rings. The maximum atomic E-state index is 13.0. The number of carboxylic acid groups (broad SMARTS) is 1. The Hall–Kier alpha value is -1.84. The SMILES string of the molecule is C=CCCCCC[C@H](Nc1cccc(F)c1)C(=O)O. The van der Waals surface area contributed by atoms with Gasteiger partial charge >= 0.3 is 5.97 Å². The highest BCUT2D eigenvalue weighted by Crippen LogP contribution is 2.14. The lowest BCUT2D eigenvalue weighted by Crippen LogP contribution is -2.29. The minimum Gasteiger partial charge on any atom is -0.480 e. The van der Waals surface area contributed by atoms with E-state index in [9.17, 15) is 9.18 Å². The Morgan fingerprint density at radius 2 is 2.21 bits per heavy atom. The van der Waals surface area contributed by atoms with Crippen molar-refractivity contribution < 1.29 is 14.3 Å². The second-order valence-corrected chi connectivity index (χ2v) is 4.47. The number of aliphatic carboxylic acids is 1. The number of carboxylic acids is 1. The summed E-state index contributed by atoms with van der Waals surface area (Å²) in [6.07, 6.45) is 6.17. The van der Waals surface area contributed by atoms with Crippen LogP contribution < -0.4 is 5.32 Å². The normalized spacial score (nSPS) is 11.8. The molecule has 3 nitrogen and oxygen atoms in total. The van der Waals surface area contributed by atoms with Gasteiger partial charge in [0.1, 0.15) is 11.9 Å². The number of halogens is 1. The summed E-state index contributed by atoms with van der Waals surface area (Å²) in [6.45, 7) is 3.64. The smallest absolute Gasteiger partial charge is 0.326 e. The van der Waals surface area contributed by atoms with Gasteiger partial charge in [-0.25, -0.2) is 9.18 Å². The molecule has 0 amide bonds. The molecule has 4 heteroatoms. The van der Waals surface area contributed by atoms with Gasteiger partial charge in [0, 0.05) is 5.69 Å². The summed E-state index contributed by atoms with van der Waals surface area (Å²) in [6, 6.07) is 5.17. The Balaban J connectivity index is 2.44. The van der Waals surface area contributed by atoms with E-state index in [-0.39, 0.29) is 5.82 Å². The molecule has 1 aromatic carbocycles. The van der Waals surface area contributed by atoms with E-state index in [1.807, 2.05) is 6.08 Å². The average Bonchev–Trinajstić information content (AvgIpc) is 2.37. The Morgan fingerprint density at radius 1 is 1.42 bits per heavy atom. The van der Waals surface area contributed by atoms with Crippen LogP contribution in [0.25, 0.3) is 0 Å². The predicted octanol–water partition coefficient (Wildman–Crippen LogP) is 3.83. The highest BCUT2D eigenvalue weighted by Gasteiger charge is 2.16. The van der Waals surface area contributed by atoms with Gasteiger partial charge in [-0.1, -0.05) is 25.0 Å². The van der Waals surface area contributed by atoms with Gasteiger partial charge in [-0.3, -0.25) is 0 Å². The third kappa shape index (κ3) is 6.04. The van der Waals surface area contributed by atoms with Gasteiger partial charge in [0.05, 0.1) is 0 Å². The fourth-order valence-electron chi connectivity index (χ4n) is 1.85. The van der Waals surface area contributed by atoms with Crippen molar-refractivity contribution in [1.82, 2.24) is 0 Å². The Labute approximate surface area is 113 Å². The minimum absolute atomic E-state index is 0.375. The molecule has 2 N–H and O–H groups in total. The number of unbranched alkanes of at least 4 members (excludes halogenated alkanes) is 3. The van der Waals surface area contributed by atoms with Gasteiger partial charge in [0.2, 0.25) is 0 Å². The van der Waals surface area contributed by atoms with E-state index in [4.69, 9.17) is 5.11 Å². The van der Waals surface area contributed by atoms with Crippen LogP contribution in [-0.4, -0.2) is 17.1 Å². The standard InChI is InChI=1S/C15H20FNO2/c1-2-3-4-5-6-10-14(15(18)19)17-13-9-7-8-12(16)11-13/h2,7-9,11,14,17H,1,3-6,10H2,(H,18,19)/t14-/m0/s1. The van der Waals surface area contributed by atoms with Crippen molar-refractivity contribution in [3.05, 3.63) is 42.7 Å². The molecule has 0 fully saturated rings. The van der Waals surface area contributed by atoms with Gasteiger partial charge in [-0.15, -0.1) is 6.58 Å². The van der Waals surface area contributed by atoms with Crippen LogP contribution in [0.4, 0.5) is 10.1 Å². The van der Waals surface area contributed by atoms with Crippen LogP contribution >= 0.6 is 0 Å². The summed E-state index contributed by atoms with van der Waals surface area (Å²) in [5.41, 5.74) is 0.499. The Bertz CT molecular complexity index is 420. The molecule has 0 saturated heterocycles. The van der Waals surface area contributed by atoms with Gasteiger partial charge in [-0.2, -0.15) is 0 Å². The largest absolute Gasteiger partial charge is 0.480 e. The first-order valence-electron chi connectivity index (χ1n) is 6.49. The minimum atomic E-state index is -0.909. The summed E-state index contributed by atoms with van der Waals surface area (Å²) in [7, 11) is 0. The van der Waals surface area contributed by atoms with Gasteiger partial charge in [-0.05, 0) is 37.5 Å². The zero-order valence-electron chi connectivity index (χ0n) is 10.9. The topological polar surface area (TPSA) is 49.3 Å². The van der Waals surface area contributed by atoms with E-state index in [0.29, 0.717) is 12.1 Å². The molecule has 0 heterocycles. The van der Waals surface area contributed by atoms with Gasteiger partial charge in [0.25, 0.3) is 0 Å². The Kier molecular flexibility index (Phi) is 6.64. The van der Waals surface area contributed by atoms with E-state index in [2.05, 4.69) is 11.9 Å². The summed E-state index contributed by atoms with van der Waals surface area (Å²) >= 11 is 0. The molecule has 104 valence electrons. The average molecular weight is 265 g/mol. The zero-order valence-corrected chi connectivity index (χ0v) is 10.9. The van der Waals surface area contributed by atoms with Crippen molar-refractivity contribution >= 4 is 11.7 Å². The van der Waals surface area contributed by atoms with E-state index in [1.54, 1.807) is 12.1 Å². The molecule has 0 aliphatic rings. The number of rotatable bonds is 9. The fourth-order valence-corrected chi connectivity index (χ4v) is 1.85. The molecular weight excluding hydrogens is 245 g/mol. The van der Waals surface area contributed by atoms with Crippen LogP contribution in [-0.2, 0) is 4.79 Å². The lowest BCUT2D eigenvalue weighted by atomic mass is 10.1. The summed E-state index contributed by atoms with van der Waals surface area (Å²) in [4.78, 5) is 11.1. The summed E-state index contributed by atoms with van der Waals surface area (Å²) < 4.78 is 13.0. The maximum Gasteiger partial charge on any atom is 0.326 e. The quantitative estimate of drug-likeness (QED) is 0.527. The van der Waals surface area contributed by atoms with Crippen molar-refractivity contribution in [2.24, 2.45) is 0 Å². The molecule has 0 aliphatic heterocycles. The molecule has 0 radical (unpaired) electrons. The molecule has 19 heavy (non-hydrogen) atoms. The molecule has 1 rings (SSSR count). The lowest BCUT2D eigenvalue weighted by Gasteiger charge is -2.15. The van der Waals surface area contributed by atoms with Gasteiger partial charge in [0.15, 0.2) is 0 Å². The molecule has 0 aliphatic carbocycles. The summed E-state index contributed by atoms with van der Waals surface area (Å²) in [5, 5.41) is 12.0. The number of allylic oxidation sites excluding steroid dienone is 1. The molecular formula is C15H20FNO2. The van der Waals surface area contributed by atoms with Crippen molar-refractivity contribution in [2.45, 2.75) is 38.1 Å². The first-order chi connectivity index (χ1) is 9.13. The number of nitrogens with one attached hydrogen (secondary N) is 1. The third-order valence-electron chi connectivity index (χ3n) is 2.86. The highest BCUT2D eigenvalue weighted by atomic mass is 19.1. The fraction of sp³-hybridized carbons (Fsp3) is 0.400. The molecule has 0 saturated carbocycles. The number of anilines is 1. The van der Waals surface area contributed by atoms with Crippen LogP contribution in [0.5, 0.6) is 0 Å². The maximum absolute atomic E-state index is 13.0. The second-order valence-electron chi connectivity index (χ2n) is 4.47. The van der Waals surface area contributed by atoms with Crippen LogP contribution in [0.3, 0.4) is 0 Å². The van der Waals surface area contributed by atoms with Crippen LogP contribution in [0, 0.1) is 5.82 Å². The Morgan fingerprint density at radius 3 is 2.84 bits per heavy atom. The zero-order chi connectivity index (χ0) is 14.1. The number of benzene rings is 1. The molecule has 0 unspecified atom stereocenters. The third-order valence-corrected chi connectivity index (χ3v) is 2.86. The molecule has 0 aromatic heterocycles. The van der Waals surface area contributed by atoms with E-state index >= 15 is 0 Å². The second kappa shape index (κ2) is 8.29. The monoisotopic (exact) mass is 265 g/mol. The number of hydrogen-bond donors (Lipinski definition) is 2. The first-order valence-corrected chi connectivity index (χ1v) is 6.49. The van der Waals surface area contributed by atoms with Crippen molar-refractivity contribution in [2.75, 3.05) is 5.32 Å². The highest BCUT2D eigenvalue weighted by molar-refractivity contribution is 5.77. The number of carbonyl (C=O) groups is 1.